The molecule has 0 bridgehead atoms. The number of hydrogen-bond donors (Lipinski definition) is 1. The highest BCUT2D eigenvalue weighted by Crippen LogP contribution is 2.34. The highest BCUT2D eigenvalue weighted by molar-refractivity contribution is 5.94. The van der Waals surface area contributed by atoms with E-state index in [0.717, 1.165) is 38.2 Å². The van der Waals surface area contributed by atoms with E-state index in [1.807, 2.05) is 6.08 Å². The minimum absolute atomic E-state index is 0.00818. The molecule has 0 aliphatic heterocycles. The molecular weight excluding hydrogens is 366 g/mol. The lowest BCUT2D eigenvalue weighted by Crippen LogP contribution is -2.17. The van der Waals surface area contributed by atoms with E-state index in [-0.39, 0.29) is 35.6 Å². The maximum absolute atomic E-state index is 13.8. The van der Waals surface area contributed by atoms with Crippen molar-refractivity contribution in [1.29, 1.82) is 0 Å². The van der Waals surface area contributed by atoms with Gasteiger partial charge >= 0.3 is 5.97 Å². The molecule has 0 radical (unpaired) electrons. The molecule has 1 aromatic rings. The summed E-state index contributed by atoms with van der Waals surface area (Å²) in [6, 6.07) is 3.77. The number of esters is 1. The number of aliphatic hydroxyl groups is 1. The number of aliphatic hydroxyl groups excluding tert-OH is 1. The van der Waals surface area contributed by atoms with E-state index in [1.54, 1.807) is 6.08 Å². The number of unbranched alkanes of at least 4 members (excludes halogenated alkanes) is 3. The van der Waals surface area contributed by atoms with Crippen molar-refractivity contribution >= 4 is 11.8 Å². The molecule has 154 valence electrons. The lowest BCUT2D eigenvalue weighted by molar-refractivity contribution is -0.140. The fourth-order valence-electron chi connectivity index (χ4n) is 3.71. The molecule has 1 aliphatic carbocycles. The second kappa shape index (κ2) is 11.1. The van der Waals surface area contributed by atoms with Gasteiger partial charge in [-0.2, -0.15) is 0 Å². The molecule has 0 saturated heterocycles. The third-order valence-electron chi connectivity index (χ3n) is 5.38. The second-order valence-electron chi connectivity index (χ2n) is 7.30. The minimum Gasteiger partial charge on any atom is -0.469 e. The van der Waals surface area contributed by atoms with Gasteiger partial charge in [-0.15, -0.1) is 0 Å². The molecule has 6 heteroatoms. The highest BCUT2D eigenvalue weighted by atomic mass is 19.2. The smallest absolute Gasteiger partial charge is 0.305 e. The zero-order valence-electron chi connectivity index (χ0n) is 16.2. The molecule has 0 spiro atoms. The number of benzene rings is 1. The van der Waals surface area contributed by atoms with Gasteiger partial charge in [0.15, 0.2) is 17.4 Å². The van der Waals surface area contributed by atoms with E-state index in [2.05, 4.69) is 4.74 Å². The summed E-state index contributed by atoms with van der Waals surface area (Å²) in [6.07, 6.45) is 7.81. The quantitative estimate of drug-likeness (QED) is 0.438. The van der Waals surface area contributed by atoms with E-state index in [9.17, 15) is 23.5 Å². The van der Waals surface area contributed by atoms with Crippen molar-refractivity contribution in [3.05, 3.63) is 47.5 Å². The normalized spacial score (nSPS) is 19.8. The van der Waals surface area contributed by atoms with Gasteiger partial charge in [0, 0.05) is 17.9 Å². The number of allylic oxidation sites excluding steroid dienone is 2. The Kier molecular flexibility index (Phi) is 8.77. The third kappa shape index (κ3) is 6.23. The summed E-state index contributed by atoms with van der Waals surface area (Å²) in [5.41, 5.74) is -0.0459. The summed E-state index contributed by atoms with van der Waals surface area (Å²) in [6.45, 7) is 0. The average Bonchev–Trinajstić information content (AvgIpc) is 3.04. The number of rotatable bonds is 11. The first-order valence-electron chi connectivity index (χ1n) is 9.85. The predicted molar refractivity (Wildman–Crippen MR) is 101 cm³/mol. The monoisotopic (exact) mass is 394 g/mol. The average molecular weight is 394 g/mol. The number of methoxy groups -OCH3 is 1. The van der Waals surface area contributed by atoms with Crippen molar-refractivity contribution in [3.8, 4) is 0 Å². The molecule has 0 heterocycles. The van der Waals surface area contributed by atoms with Crippen LogP contribution in [0.25, 0.3) is 0 Å². The molecule has 4 nitrogen and oxygen atoms in total. The number of carbonyl (C=O) groups excluding carboxylic acids is 2. The van der Waals surface area contributed by atoms with Crippen LogP contribution >= 0.6 is 0 Å². The largest absolute Gasteiger partial charge is 0.469 e. The van der Waals surface area contributed by atoms with E-state index in [1.165, 1.54) is 19.2 Å². The Hall–Kier alpha value is -2.08. The van der Waals surface area contributed by atoms with E-state index < -0.39 is 17.7 Å². The molecule has 28 heavy (non-hydrogen) atoms. The maximum Gasteiger partial charge on any atom is 0.305 e. The molecule has 2 rings (SSSR count). The second-order valence-corrected chi connectivity index (χ2v) is 7.30. The molecule has 1 aliphatic rings. The van der Waals surface area contributed by atoms with Crippen LogP contribution in [0, 0.1) is 23.5 Å². The van der Waals surface area contributed by atoms with Crippen molar-refractivity contribution in [1.82, 2.24) is 0 Å². The van der Waals surface area contributed by atoms with Gasteiger partial charge in [0.2, 0.25) is 0 Å². The van der Waals surface area contributed by atoms with Crippen LogP contribution in [-0.4, -0.2) is 24.0 Å². The summed E-state index contributed by atoms with van der Waals surface area (Å²) in [5, 5.41) is 10.2. The number of halogens is 2. The van der Waals surface area contributed by atoms with Gasteiger partial charge in [-0.05, 0) is 43.7 Å². The SMILES string of the molecule is COC(=O)CCCCCC[C@H]1C(=O)C=CC1CCC(O)c1cccc(F)c1F. The summed E-state index contributed by atoms with van der Waals surface area (Å²) in [4.78, 5) is 23.2. The topological polar surface area (TPSA) is 63.6 Å². The van der Waals surface area contributed by atoms with Crippen molar-refractivity contribution in [2.75, 3.05) is 7.11 Å². The number of ketones is 1. The molecule has 1 aromatic carbocycles. The first-order valence-corrected chi connectivity index (χ1v) is 9.85. The summed E-state index contributed by atoms with van der Waals surface area (Å²) in [7, 11) is 1.38. The Morgan fingerprint density at radius 2 is 1.93 bits per heavy atom. The fourth-order valence-corrected chi connectivity index (χ4v) is 3.71. The zero-order valence-corrected chi connectivity index (χ0v) is 16.2. The molecule has 3 atom stereocenters. The Morgan fingerprint density at radius 1 is 1.18 bits per heavy atom. The van der Waals surface area contributed by atoms with Crippen LogP contribution in [0.3, 0.4) is 0 Å². The molecule has 0 fully saturated rings. The summed E-state index contributed by atoms with van der Waals surface area (Å²) in [5.74, 6) is -2.22. The van der Waals surface area contributed by atoms with Gasteiger partial charge < -0.3 is 9.84 Å². The summed E-state index contributed by atoms with van der Waals surface area (Å²) < 4.78 is 31.7. The Bertz CT molecular complexity index is 702. The molecule has 0 aromatic heterocycles. The van der Waals surface area contributed by atoms with Crippen LogP contribution in [0.5, 0.6) is 0 Å². The van der Waals surface area contributed by atoms with Crippen LogP contribution in [0.4, 0.5) is 8.78 Å². The minimum atomic E-state index is -1.10. The molecule has 0 saturated carbocycles. The van der Waals surface area contributed by atoms with Gasteiger partial charge in [0.05, 0.1) is 13.2 Å². The number of ether oxygens (including phenoxy) is 1. The van der Waals surface area contributed by atoms with Gasteiger partial charge in [0.1, 0.15) is 0 Å². The van der Waals surface area contributed by atoms with E-state index >= 15 is 0 Å². The Morgan fingerprint density at radius 3 is 2.68 bits per heavy atom. The van der Waals surface area contributed by atoms with Crippen LogP contribution < -0.4 is 0 Å². The highest BCUT2D eigenvalue weighted by Gasteiger charge is 2.30. The van der Waals surface area contributed by atoms with Gasteiger partial charge in [-0.25, -0.2) is 8.78 Å². The summed E-state index contributed by atoms with van der Waals surface area (Å²) >= 11 is 0. The van der Waals surface area contributed by atoms with Crippen LogP contribution in [-0.2, 0) is 14.3 Å². The van der Waals surface area contributed by atoms with Crippen molar-refractivity contribution < 1.29 is 28.2 Å². The zero-order chi connectivity index (χ0) is 20.5. The van der Waals surface area contributed by atoms with Crippen LogP contribution in [0.15, 0.2) is 30.4 Å². The van der Waals surface area contributed by atoms with Crippen LogP contribution in [0.2, 0.25) is 0 Å². The predicted octanol–water partition coefficient (Wildman–Crippen LogP) is 4.66. The Labute approximate surface area is 164 Å². The lowest BCUT2D eigenvalue weighted by atomic mass is 9.85. The number of hydrogen-bond acceptors (Lipinski definition) is 4. The van der Waals surface area contributed by atoms with Crippen molar-refractivity contribution in [2.45, 2.75) is 57.5 Å². The fraction of sp³-hybridized carbons (Fsp3) is 0.545. The first-order chi connectivity index (χ1) is 13.4. The molecule has 2 unspecified atom stereocenters. The molecular formula is C22H28F2O4. The first kappa shape index (κ1) is 22.2. The standard InChI is InChI=1S/C22H28F2O4/c1-28-21(27)10-5-3-2-4-7-16-15(11-13-19(16)25)12-14-20(26)17-8-6-9-18(23)22(17)24/h6,8-9,11,13,15-16,20,26H,2-5,7,10,12,14H2,1H3/t15?,16-,20?/m1/s1. The lowest BCUT2D eigenvalue weighted by Gasteiger charge is -2.20. The van der Waals surface area contributed by atoms with E-state index in [0.29, 0.717) is 12.8 Å². The van der Waals surface area contributed by atoms with Gasteiger partial charge in [-0.3, -0.25) is 9.59 Å². The maximum atomic E-state index is 13.8. The van der Waals surface area contributed by atoms with Gasteiger partial charge in [0.25, 0.3) is 0 Å². The van der Waals surface area contributed by atoms with Crippen molar-refractivity contribution in [2.24, 2.45) is 11.8 Å². The van der Waals surface area contributed by atoms with Crippen LogP contribution in [0.1, 0.15) is 63.0 Å². The Balaban J connectivity index is 1.76. The molecule has 1 N–H and O–H groups in total. The number of carbonyl (C=O) groups is 2. The van der Waals surface area contributed by atoms with Gasteiger partial charge in [-0.1, -0.05) is 37.5 Å². The van der Waals surface area contributed by atoms with Crippen molar-refractivity contribution in [3.63, 3.8) is 0 Å². The van der Waals surface area contributed by atoms with E-state index in [4.69, 9.17) is 0 Å². The molecule has 0 amide bonds. The third-order valence-corrected chi connectivity index (χ3v) is 5.38.